The van der Waals surface area contributed by atoms with Crippen molar-refractivity contribution in [3.05, 3.63) is 23.2 Å². The summed E-state index contributed by atoms with van der Waals surface area (Å²) in [5, 5.41) is 3.18. The predicted octanol–water partition coefficient (Wildman–Crippen LogP) is 2.62. The van der Waals surface area contributed by atoms with Crippen LogP contribution in [0, 0.1) is 13.8 Å². The van der Waals surface area contributed by atoms with E-state index in [1.165, 1.54) is 0 Å². The molecule has 21 heavy (non-hydrogen) atoms. The summed E-state index contributed by atoms with van der Waals surface area (Å²) in [7, 11) is 0. The molecule has 0 aliphatic heterocycles. The Morgan fingerprint density at radius 3 is 2.48 bits per heavy atom. The molecule has 2 aromatic rings. The molecule has 0 bridgehead atoms. The van der Waals surface area contributed by atoms with Crippen molar-refractivity contribution in [2.45, 2.75) is 46.8 Å². The minimum atomic E-state index is -0.0316. The normalized spacial score (nSPS) is 12.5. The lowest BCUT2D eigenvalue weighted by Crippen LogP contribution is -2.14. The van der Waals surface area contributed by atoms with Gasteiger partial charge in [0.25, 0.3) is 0 Å². The van der Waals surface area contributed by atoms with Gasteiger partial charge in [0.05, 0.1) is 12.1 Å². The predicted molar refractivity (Wildman–Crippen MR) is 80.2 cm³/mol. The molecule has 0 saturated carbocycles. The fourth-order valence-electron chi connectivity index (χ4n) is 2.05. The van der Waals surface area contributed by atoms with Crippen molar-refractivity contribution in [2.75, 3.05) is 11.1 Å². The summed E-state index contributed by atoms with van der Waals surface area (Å²) in [4.78, 5) is 12.2. The van der Waals surface area contributed by atoms with E-state index >= 15 is 0 Å². The molecule has 0 aliphatic carbocycles. The average Bonchev–Trinajstić information content (AvgIpc) is 2.66. The van der Waals surface area contributed by atoms with Crippen molar-refractivity contribution in [1.29, 1.82) is 0 Å². The van der Waals surface area contributed by atoms with Crippen molar-refractivity contribution in [2.24, 2.45) is 0 Å². The molecule has 0 radical (unpaired) electrons. The van der Waals surface area contributed by atoms with Crippen LogP contribution < -0.4 is 15.8 Å². The fourth-order valence-corrected chi connectivity index (χ4v) is 2.05. The first kappa shape index (κ1) is 15.1. The number of aryl methyl sites for hydroxylation is 2. The Labute approximate surface area is 123 Å². The number of nitrogen functional groups attached to an aromatic ring is 1. The number of nitrogens with two attached hydrogens (primary N) is 1. The van der Waals surface area contributed by atoms with Crippen LogP contribution in [0.4, 0.5) is 11.9 Å². The third-order valence-corrected chi connectivity index (χ3v) is 2.86. The Balaban J connectivity index is 2.18. The first-order valence-corrected chi connectivity index (χ1v) is 6.87. The lowest BCUT2D eigenvalue weighted by Gasteiger charge is -2.14. The number of nitrogens with zero attached hydrogens (tertiary/aromatic N) is 3. The number of furan rings is 1. The zero-order valence-corrected chi connectivity index (χ0v) is 13.0. The molecule has 7 nitrogen and oxygen atoms in total. The fraction of sp³-hybridized carbons (Fsp3) is 0.500. The van der Waals surface area contributed by atoms with E-state index in [1.54, 1.807) is 0 Å². The first-order chi connectivity index (χ1) is 9.85. The molecule has 0 saturated heterocycles. The third-order valence-electron chi connectivity index (χ3n) is 2.86. The van der Waals surface area contributed by atoms with Gasteiger partial charge in [-0.15, -0.1) is 0 Å². The maximum Gasteiger partial charge on any atom is 0.323 e. The van der Waals surface area contributed by atoms with Gasteiger partial charge in [-0.3, -0.25) is 0 Å². The van der Waals surface area contributed by atoms with Crippen LogP contribution in [0.5, 0.6) is 6.01 Å². The largest absolute Gasteiger partial charge is 0.466 e. The quantitative estimate of drug-likeness (QED) is 0.873. The van der Waals surface area contributed by atoms with Crippen LogP contribution in [0.3, 0.4) is 0 Å². The summed E-state index contributed by atoms with van der Waals surface area (Å²) in [6.07, 6.45) is -0.0316. The molecular formula is C14H21N5O2. The van der Waals surface area contributed by atoms with Gasteiger partial charge in [0.2, 0.25) is 11.9 Å². The van der Waals surface area contributed by atoms with Crippen LogP contribution in [-0.2, 0) is 0 Å². The second kappa shape index (κ2) is 5.99. The number of nitrogens with one attached hydrogen (secondary N) is 1. The number of aromatic nitrogens is 3. The molecule has 2 heterocycles. The number of anilines is 2. The van der Waals surface area contributed by atoms with Crippen LogP contribution in [0.25, 0.3) is 0 Å². The smallest absolute Gasteiger partial charge is 0.323 e. The molecule has 114 valence electrons. The molecule has 0 aromatic carbocycles. The molecule has 7 heteroatoms. The summed E-state index contributed by atoms with van der Waals surface area (Å²) in [5.74, 6) is 2.24. The highest BCUT2D eigenvalue weighted by molar-refractivity contribution is 5.37. The van der Waals surface area contributed by atoms with Gasteiger partial charge < -0.3 is 20.2 Å². The van der Waals surface area contributed by atoms with E-state index < -0.39 is 0 Å². The van der Waals surface area contributed by atoms with Gasteiger partial charge in [-0.1, -0.05) is 0 Å². The summed E-state index contributed by atoms with van der Waals surface area (Å²) >= 11 is 0. The van der Waals surface area contributed by atoms with Crippen molar-refractivity contribution in [3.8, 4) is 6.01 Å². The monoisotopic (exact) mass is 291 g/mol. The van der Waals surface area contributed by atoms with Gasteiger partial charge in [0.15, 0.2) is 0 Å². The molecule has 0 aliphatic rings. The lowest BCUT2D eigenvalue weighted by molar-refractivity contribution is 0.222. The standard InChI is InChI=1S/C14H21N5O2/c1-7(2)20-14-18-12(15)17-13(19-14)16-9(4)11-6-8(3)21-10(11)5/h6-7,9H,1-5H3,(H3,15,16,17,18,19). The lowest BCUT2D eigenvalue weighted by atomic mass is 10.1. The van der Waals surface area contributed by atoms with Crippen molar-refractivity contribution in [1.82, 2.24) is 15.0 Å². The zero-order chi connectivity index (χ0) is 15.6. The van der Waals surface area contributed by atoms with Crippen LogP contribution in [0.15, 0.2) is 10.5 Å². The van der Waals surface area contributed by atoms with Crippen LogP contribution >= 0.6 is 0 Å². The first-order valence-electron chi connectivity index (χ1n) is 6.87. The Bertz CT molecular complexity index is 624. The Morgan fingerprint density at radius 2 is 1.90 bits per heavy atom. The van der Waals surface area contributed by atoms with E-state index in [0.29, 0.717) is 5.95 Å². The minimum absolute atomic E-state index is 0.0175. The zero-order valence-electron chi connectivity index (χ0n) is 13.0. The molecule has 2 aromatic heterocycles. The number of hydrogen-bond donors (Lipinski definition) is 2. The highest BCUT2D eigenvalue weighted by atomic mass is 16.5. The van der Waals surface area contributed by atoms with E-state index in [1.807, 2.05) is 40.7 Å². The summed E-state index contributed by atoms with van der Waals surface area (Å²) < 4.78 is 11.0. The molecular weight excluding hydrogens is 270 g/mol. The molecule has 3 N–H and O–H groups in total. The maximum absolute atomic E-state index is 5.68. The molecule has 1 unspecified atom stereocenters. The molecule has 1 atom stereocenters. The molecule has 0 spiro atoms. The van der Waals surface area contributed by atoms with Crippen LogP contribution in [-0.4, -0.2) is 21.1 Å². The maximum atomic E-state index is 5.68. The summed E-state index contributed by atoms with van der Waals surface area (Å²) in [6, 6.07) is 2.19. The van der Waals surface area contributed by atoms with E-state index in [-0.39, 0.29) is 24.1 Å². The van der Waals surface area contributed by atoms with Crippen molar-refractivity contribution >= 4 is 11.9 Å². The molecule has 0 amide bonds. The number of ether oxygens (including phenoxy) is 1. The highest BCUT2D eigenvalue weighted by Crippen LogP contribution is 2.24. The minimum Gasteiger partial charge on any atom is -0.466 e. The molecule has 2 rings (SSSR count). The van der Waals surface area contributed by atoms with Crippen LogP contribution in [0.2, 0.25) is 0 Å². The number of hydrogen-bond acceptors (Lipinski definition) is 7. The van der Waals surface area contributed by atoms with E-state index in [0.717, 1.165) is 17.1 Å². The van der Waals surface area contributed by atoms with E-state index in [4.69, 9.17) is 14.9 Å². The van der Waals surface area contributed by atoms with Gasteiger partial charge in [-0.05, 0) is 40.7 Å². The SMILES string of the molecule is Cc1cc(C(C)Nc2nc(N)nc(OC(C)C)n2)c(C)o1. The van der Waals surface area contributed by atoms with E-state index in [2.05, 4.69) is 20.3 Å². The van der Waals surface area contributed by atoms with Crippen molar-refractivity contribution < 1.29 is 9.15 Å². The summed E-state index contributed by atoms with van der Waals surface area (Å²) in [6.45, 7) is 9.63. The third kappa shape index (κ3) is 3.84. The van der Waals surface area contributed by atoms with Gasteiger partial charge in [0.1, 0.15) is 11.5 Å². The van der Waals surface area contributed by atoms with Crippen LogP contribution in [0.1, 0.15) is 43.9 Å². The van der Waals surface area contributed by atoms with Gasteiger partial charge in [0, 0.05) is 5.56 Å². The van der Waals surface area contributed by atoms with Gasteiger partial charge in [-0.2, -0.15) is 15.0 Å². The Hall–Kier alpha value is -2.31. The van der Waals surface area contributed by atoms with Gasteiger partial charge in [-0.25, -0.2) is 0 Å². The number of rotatable bonds is 5. The van der Waals surface area contributed by atoms with Crippen molar-refractivity contribution in [3.63, 3.8) is 0 Å². The second-order valence-corrected chi connectivity index (χ2v) is 5.20. The topological polar surface area (TPSA) is 99.1 Å². The Kier molecular flexibility index (Phi) is 4.30. The summed E-state index contributed by atoms with van der Waals surface area (Å²) in [5.41, 5.74) is 6.74. The second-order valence-electron chi connectivity index (χ2n) is 5.20. The van der Waals surface area contributed by atoms with Gasteiger partial charge >= 0.3 is 6.01 Å². The average molecular weight is 291 g/mol. The Morgan fingerprint density at radius 1 is 1.19 bits per heavy atom. The molecule has 0 fully saturated rings. The van der Waals surface area contributed by atoms with E-state index in [9.17, 15) is 0 Å². The highest BCUT2D eigenvalue weighted by Gasteiger charge is 2.15.